The second-order valence-corrected chi connectivity index (χ2v) is 7.64. The van der Waals surface area contributed by atoms with E-state index in [1.54, 1.807) is 13.8 Å². The van der Waals surface area contributed by atoms with Gasteiger partial charge in [0.25, 0.3) is 0 Å². The minimum absolute atomic E-state index is 0.0129. The van der Waals surface area contributed by atoms with Crippen LogP contribution in [0.5, 0.6) is 5.75 Å². The molecule has 3 rings (SSSR count). The van der Waals surface area contributed by atoms with Gasteiger partial charge in [-0.05, 0) is 38.0 Å². The highest BCUT2D eigenvalue weighted by Crippen LogP contribution is 2.42. The molecule has 1 saturated heterocycles. The first-order valence-corrected chi connectivity index (χ1v) is 9.75. The second-order valence-electron chi connectivity index (χ2n) is 7.64. The molecule has 1 aromatic heterocycles. The maximum Gasteiger partial charge on any atom is 0.354 e. The zero-order chi connectivity index (χ0) is 23.1. The van der Waals surface area contributed by atoms with Crippen LogP contribution in [0.3, 0.4) is 0 Å². The van der Waals surface area contributed by atoms with Crippen LogP contribution < -0.4 is 5.63 Å². The molecule has 2 aromatic rings. The molecule has 31 heavy (non-hydrogen) atoms. The Hall–Kier alpha value is -2.50. The smallest absolute Gasteiger partial charge is 0.354 e. The molecule has 0 bridgehead atoms. The topological polar surface area (TPSA) is 156 Å². The number of aryl methyl sites for hydroxylation is 1. The number of aliphatic hydroxyl groups excluding tert-OH is 3. The van der Waals surface area contributed by atoms with E-state index in [9.17, 15) is 30.0 Å². The average Bonchev–Trinajstić information content (AvgIpc) is 2.72. The van der Waals surface area contributed by atoms with E-state index in [1.165, 1.54) is 26.2 Å². The van der Waals surface area contributed by atoms with Gasteiger partial charge < -0.3 is 39.1 Å². The zero-order valence-electron chi connectivity index (χ0n) is 17.6. The summed E-state index contributed by atoms with van der Waals surface area (Å²) in [7, 11) is 1.33. The van der Waals surface area contributed by atoms with Crippen molar-refractivity contribution in [1.82, 2.24) is 0 Å². The van der Waals surface area contributed by atoms with Gasteiger partial charge in [0.1, 0.15) is 41.3 Å². The van der Waals surface area contributed by atoms with Gasteiger partial charge in [-0.3, -0.25) is 0 Å². The Morgan fingerprint density at radius 1 is 1.26 bits per heavy atom. The summed E-state index contributed by atoms with van der Waals surface area (Å²) in [5.74, 6) is -1.58. The Kier molecular flexibility index (Phi) is 6.40. The van der Waals surface area contributed by atoms with Crippen molar-refractivity contribution in [2.45, 2.75) is 50.8 Å². The van der Waals surface area contributed by atoms with Gasteiger partial charge in [-0.25, -0.2) is 9.59 Å². The molecule has 2 heterocycles. The van der Waals surface area contributed by atoms with Crippen molar-refractivity contribution >= 4 is 16.9 Å². The number of carbonyl (C=O) groups is 1. The van der Waals surface area contributed by atoms with E-state index in [0.717, 1.165) is 0 Å². The summed E-state index contributed by atoms with van der Waals surface area (Å²) >= 11 is 0. The monoisotopic (exact) mass is 438 g/mol. The number of aliphatic hydroxyl groups is 3. The average molecular weight is 438 g/mol. The van der Waals surface area contributed by atoms with Crippen LogP contribution in [0.1, 0.15) is 41.4 Å². The van der Waals surface area contributed by atoms with Gasteiger partial charge in [-0.15, -0.1) is 0 Å². The summed E-state index contributed by atoms with van der Waals surface area (Å²) in [6.45, 7) is 4.20. The van der Waals surface area contributed by atoms with Gasteiger partial charge in [0, 0.05) is 7.11 Å². The molecule has 0 amide bonds. The largest absolute Gasteiger partial charge is 0.506 e. The summed E-state index contributed by atoms with van der Waals surface area (Å²) in [6.07, 6.45) is -4.87. The minimum Gasteiger partial charge on any atom is -0.506 e. The second kappa shape index (κ2) is 8.56. The first-order valence-electron chi connectivity index (χ1n) is 9.75. The maximum absolute atomic E-state index is 12.4. The van der Waals surface area contributed by atoms with E-state index in [-0.39, 0.29) is 17.6 Å². The first-order chi connectivity index (χ1) is 14.6. The normalized spacial score (nSPS) is 28.6. The number of ether oxygens (including phenoxy) is 3. The molecule has 170 valence electrons. The molecule has 1 aliphatic heterocycles. The summed E-state index contributed by atoms with van der Waals surface area (Å²) in [5.41, 5.74) is -2.32. The van der Waals surface area contributed by atoms with Crippen molar-refractivity contribution in [2.75, 3.05) is 20.3 Å². The fourth-order valence-corrected chi connectivity index (χ4v) is 4.00. The number of benzene rings is 1. The third-order valence-electron chi connectivity index (χ3n) is 5.66. The lowest BCUT2D eigenvalue weighted by molar-refractivity contribution is -0.279. The molecule has 10 heteroatoms. The highest BCUT2D eigenvalue weighted by atomic mass is 16.6. The van der Waals surface area contributed by atoms with Crippen molar-refractivity contribution in [3.63, 3.8) is 0 Å². The van der Waals surface area contributed by atoms with E-state index < -0.39 is 59.5 Å². The van der Waals surface area contributed by atoms with Crippen molar-refractivity contribution in [1.29, 1.82) is 0 Å². The van der Waals surface area contributed by atoms with E-state index in [1.807, 2.05) is 0 Å². The van der Waals surface area contributed by atoms with Crippen LogP contribution in [0.4, 0.5) is 0 Å². The number of hydrogen-bond donors (Lipinski definition) is 4. The van der Waals surface area contributed by atoms with E-state index >= 15 is 0 Å². The molecule has 0 spiro atoms. The molecule has 0 radical (unpaired) electrons. The Bertz CT molecular complexity index is 1040. The van der Waals surface area contributed by atoms with E-state index in [2.05, 4.69) is 0 Å². The van der Waals surface area contributed by atoms with Crippen LogP contribution >= 0.6 is 0 Å². The van der Waals surface area contributed by atoms with Crippen molar-refractivity contribution in [3.05, 3.63) is 39.2 Å². The van der Waals surface area contributed by atoms with Gasteiger partial charge >= 0.3 is 11.6 Å². The number of rotatable bonds is 5. The molecule has 5 atom stereocenters. The maximum atomic E-state index is 12.4. The van der Waals surface area contributed by atoms with Crippen LogP contribution in [0.25, 0.3) is 11.0 Å². The van der Waals surface area contributed by atoms with Crippen LogP contribution in [0, 0.1) is 6.92 Å². The summed E-state index contributed by atoms with van der Waals surface area (Å²) in [4.78, 5) is 24.4. The lowest BCUT2D eigenvalue weighted by Gasteiger charge is -2.48. The summed E-state index contributed by atoms with van der Waals surface area (Å²) in [6, 6.07) is 2.91. The molecule has 4 N–H and O–H groups in total. The lowest BCUT2D eigenvalue weighted by Crippen LogP contribution is -2.62. The van der Waals surface area contributed by atoms with Gasteiger partial charge in [0.2, 0.25) is 0 Å². The van der Waals surface area contributed by atoms with E-state index in [4.69, 9.17) is 18.6 Å². The molecule has 0 saturated carbocycles. The Morgan fingerprint density at radius 2 is 1.94 bits per heavy atom. The van der Waals surface area contributed by atoms with Crippen molar-refractivity contribution in [3.8, 4) is 5.75 Å². The van der Waals surface area contributed by atoms with Gasteiger partial charge in [0.05, 0.1) is 18.6 Å². The number of methoxy groups -OCH3 is 1. The summed E-state index contributed by atoms with van der Waals surface area (Å²) in [5, 5.41) is 41.6. The number of esters is 1. The molecule has 0 aliphatic carbocycles. The third kappa shape index (κ3) is 3.70. The van der Waals surface area contributed by atoms with Crippen LogP contribution in [-0.2, 0) is 14.2 Å². The van der Waals surface area contributed by atoms with Crippen molar-refractivity contribution < 1.29 is 43.8 Å². The summed E-state index contributed by atoms with van der Waals surface area (Å²) < 4.78 is 21.2. The molecule has 1 fully saturated rings. The highest BCUT2D eigenvalue weighted by Gasteiger charge is 2.52. The SMILES string of the molecule is CCOC(=O)c1c(O)c2ccc([C@@H]3O[C@](C)(CO)[C@H](OC)[C@H](O)[C@H]3O)c(C)c2oc1=O. The van der Waals surface area contributed by atoms with Crippen LogP contribution in [-0.4, -0.2) is 70.6 Å². The number of hydrogen-bond acceptors (Lipinski definition) is 10. The third-order valence-corrected chi connectivity index (χ3v) is 5.66. The molecule has 0 unspecified atom stereocenters. The Labute approximate surface area is 177 Å². The molecular formula is C21H26O10. The lowest BCUT2D eigenvalue weighted by atomic mass is 9.83. The number of fused-ring (bicyclic) bond motifs is 1. The predicted octanol–water partition coefficient (Wildman–Crippen LogP) is 0.543. The number of aromatic hydroxyl groups is 1. The predicted molar refractivity (Wildman–Crippen MR) is 107 cm³/mol. The Morgan fingerprint density at radius 3 is 2.52 bits per heavy atom. The molecular weight excluding hydrogens is 412 g/mol. The highest BCUT2D eigenvalue weighted by molar-refractivity contribution is 5.99. The van der Waals surface area contributed by atoms with Gasteiger partial charge in [-0.2, -0.15) is 0 Å². The Balaban J connectivity index is 2.14. The number of carbonyl (C=O) groups excluding carboxylic acids is 1. The zero-order valence-corrected chi connectivity index (χ0v) is 17.6. The quantitative estimate of drug-likeness (QED) is 0.384. The molecule has 10 nitrogen and oxygen atoms in total. The van der Waals surface area contributed by atoms with Gasteiger partial charge in [-0.1, -0.05) is 6.07 Å². The fourth-order valence-electron chi connectivity index (χ4n) is 4.00. The van der Waals surface area contributed by atoms with E-state index in [0.29, 0.717) is 11.1 Å². The molecule has 1 aromatic carbocycles. The van der Waals surface area contributed by atoms with Crippen LogP contribution in [0.15, 0.2) is 21.3 Å². The van der Waals surface area contributed by atoms with Gasteiger partial charge in [0.15, 0.2) is 5.56 Å². The standard InChI is InChI=1S/C21H26O10/c1-5-29-19(26)12-13(23)11-7-6-10(9(2)16(11)30-20(12)27)17-14(24)15(25)18(28-4)21(3,8-22)31-17/h6-7,14-15,17-18,22-25H,5,8H2,1-4H3/t14-,15-,17+,18-,21-/m1/s1. The van der Waals surface area contributed by atoms with Crippen molar-refractivity contribution in [2.24, 2.45) is 0 Å². The first kappa shape index (κ1) is 23.2. The fraction of sp³-hybridized carbons (Fsp3) is 0.524. The minimum atomic E-state index is -1.42. The molecule has 1 aliphatic rings. The van der Waals surface area contributed by atoms with Crippen LogP contribution in [0.2, 0.25) is 0 Å².